The third-order valence-electron chi connectivity index (χ3n) is 3.66. The molecule has 0 saturated carbocycles. The second-order valence-corrected chi connectivity index (χ2v) is 7.63. The lowest BCUT2D eigenvalue weighted by Gasteiger charge is -2.13. The number of halogens is 2. The van der Waals surface area contributed by atoms with Crippen LogP contribution in [0.15, 0.2) is 58.5 Å². The average Bonchev–Trinajstić information content (AvgIpc) is 2.64. The lowest BCUT2D eigenvalue weighted by atomic mass is 10.2. The van der Waals surface area contributed by atoms with E-state index in [2.05, 4.69) is 4.98 Å². The summed E-state index contributed by atoms with van der Waals surface area (Å²) in [6.45, 7) is 3.76. The minimum absolute atomic E-state index is 0.330. The van der Waals surface area contributed by atoms with Crippen molar-refractivity contribution in [3.05, 3.63) is 58.6 Å². The van der Waals surface area contributed by atoms with Crippen LogP contribution in [0, 0.1) is 0 Å². The molecule has 1 unspecified atom stereocenters. The molecule has 0 saturated heterocycles. The van der Waals surface area contributed by atoms with E-state index in [1.807, 2.05) is 42.5 Å². The van der Waals surface area contributed by atoms with Gasteiger partial charge < -0.3 is 9.47 Å². The summed E-state index contributed by atoms with van der Waals surface area (Å²) in [6, 6.07) is 14.8. The van der Waals surface area contributed by atoms with Crippen LogP contribution in [0.3, 0.4) is 0 Å². The van der Waals surface area contributed by atoms with Crippen LogP contribution >= 0.6 is 35.0 Å². The predicted molar refractivity (Wildman–Crippen MR) is 109 cm³/mol. The standard InChI is InChI=1S/C20H17Cl2NO3S/c1-3-25-20(24)12(2)26-15-5-7-16(8-6-15)27-18-9-4-13-10-14(21)11-17(22)19(13)23-18/h4-12H,3H2,1-2H3. The molecule has 0 amide bonds. The highest BCUT2D eigenvalue weighted by Gasteiger charge is 2.15. The van der Waals surface area contributed by atoms with E-state index in [0.29, 0.717) is 27.9 Å². The molecule has 4 nitrogen and oxygen atoms in total. The van der Waals surface area contributed by atoms with E-state index in [-0.39, 0.29) is 5.97 Å². The first-order chi connectivity index (χ1) is 13.0. The lowest BCUT2D eigenvalue weighted by molar-refractivity contribution is -0.150. The number of benzene rings is 2. The Labute approximate surface area is 171 Å². The topological polar surface area (TPSA) is 48.4 Å². The van der Waals surface area contributed by atoms with Gasteiger partial charge in [-0.25, -0.2) is 9.78 Å². The quantitative estimate of drug-likeness (QED) is 0.455. The number of carbonyl (C=O) groups excluding carboxylic acids is 1. The molecule has 3 rings (SSSR count). The van der Waals surface area contributed by atoms with E-state index in [4.69, 9.17) is 32.7 Å². The number of hydrogen-bond donors (Lipinski definition) is 0. The molecular formula is C20H17Cl2NO3S. The summed E-state index contributed by atoms with van der Waals surface area (Å²) in [6.07, 6.45) is -0.653. The summed E-state index contributed by atoms with van der Waals surface area (Å²) >= 11 is 13.8. The molecule has 0 aliphatic heterocycles. The van der Waals surface area contributed by atoms with Crippen molar-refractivity contribution < 1.29 is 14.3 Å². The van der Waals surface area contributed by atoms with Crippen molar-refractivity contribution in [3.63, 3.8) is 0 Å². The molecule has 0 bridgehead atoms. The van der Waals surface area contributed by atoms with Gasteiger partial charge in [-0.2, -0.15) is 0 Å². The van der Waals surface area contributed by atoms with E-state index < -0.39 is 6.10 Å². The summed E-state index contributed by atoms with van der Waals surface area (Å²) < 4.78 is 10.5. The largest absolute Gasteiger partial charge is 0.479 e. The molecule has 140 valence electrons. The van der Waals surface area contributed by atoms with Crippen LogP contribution in [0.5, 0.6) is 5.75 Å². The molecule has 7 heteroatoms. The number of fused-ring (bicyclic) bond motifs is 1. The van der Waals surface area contributed by atoms with Crippen molar-refractivity contribution in [2.24, 2.45) is 0 Å². The molecule has 27 heavy (non-hydrogen) atoms. The fourth-order valence-corrected chi connectivity index (χ4v) is 3.75. The van der Waals surface area contributed by atoms with Crippen LogP contribution in [-0.4, -0.2) is 23.7 Å². The number of pyridine rings is 1. The molecule has 0 fully saturated rings. The Morgan fingerprint density at radius 1 is 1.15 bits per heavy atom. The van der Waals surface area contributed by atoms with E-state index >= 15 is 0 Å². The van der Waals surface area contributed by atoms with Gasteiger partial charge in [0.2, 0.25) is 0 Å². The maximum Gasteiger partial charge on any atom is 0.347 e. The van der Waals surface area contributed by atoms with Gasteiger partial charge in [0.1, 0.15) is 10.8 Å². The van der Waals surface area contributed by atoms with Crippen molar-refractivity contribution in [3.8, 4) is 5.75 Å². The minimum atomic E-state index is -0.653. The highest BCUT2D eigenvalue weighted by molar-refractivity contribution is 7.99. The molecule has 0 radical (unpaired) electrons. The van der Waals surface area contributed by atoms with Crippen LogP contribution in [0.4, 0.5) is 0 Å². The molecule has 3 aromatic rings. The second kappa shape index (κ2) is 8.83. The monoisotopic (exact) mass is 421 g/mol. The zero-order valence-corrected chi connectivity index (χ0v) is 17.1. The van der Waals surface area contributed by atoms with Crippen molar-refractivity contribution >= 4 is 51.8 Å². The summed E-state index contributed by atoms with van der Waals surface area (Å²) in [5.74, 6) is 0.220. The van der Waals surface area contributed by atoms with Gasteiger partial charge in [-0.15, -0.1) is 0 Å². The molecule has 0 spiro atoms. The van der Waals surface area contributed by atoms with Gasteiger partial charge in [0.05, 0.1) is 17.1 Å². The molecule has 0 N–H and O–H groups in total. The van der Waals surface area contributed by atoms with Gasteiger partial charge in [-0.1, -0.05) is 41.0 Å². The van der Waals surface area contributed by atoms with Gasteiger partial charge in [-0.3, -0.25) is 0 Å². The number of carbonyl (C=O) groups is 1. The smallest absolute Gasteiger partial charge is 0.347 e. The number of esters is 1. The zero-order chi connectivity index (χ0) is 19.4. The highest BCUT2D eigenvalue weighted by atomic mass is 35.5. The SMILES string of the molecule is CCOC(=O)C(C)Oc1ccc(Sc2ccc3cc(Cl)cc(Cl)c3n2)cc1. The zero-order valence-electron chi connectivity index (χ0n) is 14.7. The molecule has 1 heterocycles. The van der Waals surface area contributed by atoms with Gasteiger partial charge in [0, 0.05) is 15.3 Å². The Balaban J connectivity index is 1.71. The minimum Gasteiger partial charge on any atom is -0.479 e. The maximum absolute atomic E-state index is 11.6. The van der Waals surface area contributed by atoms with Crippen LogP contribution in [-0.2, 0) is 9.53 Å². The number of aromatic nitrogens is 1. The van der Waals surface area contributed by atoms with Crippen LogP contribution in [0.25, 0.3) is 10.9 Å². The number of rotatable bonds is 6. The third kappa shape index (κ3) is 5.06. The molecular weight excluding hydrogens is 405 g/mol. The summed E-state index contributed by atoms with van der Waals surface area (Å²) in [5, 5.41) is 2.83. The van der Waals surface area contributed by atoms with Crippen LogP contribution in [0.2, 0.25) is 10.0 Å². The Bertz CT molecular complexity index is 963. The van der Waals surface area contributed by atoms with E-state index in [0.717, 1.165) is 15.3 Å². The Hall–Kier alpha value is -1.95. The van der Waals surface area contributed by atoms with Crippen LogP contribution in [0.1, 0.15) is 13.8 Å². The third-order valence-corrected chi connectivity index (χ3v) is 5.11. The van der Waals surface area contributed by atoms with E-state index in [1.165, 1.54) is 11.8 Å². The van der Waals surface area contributed by atoms with Gasteiger partial charge in [0.15, 0.2) is 6.10 Å². The lowest BCUT2D eigenvalue weighted by Crippen LogP contribution is -2.25. The predicted octanol–water partition coefficient (Wildman–Crippen LogP) is 6.02. The molecule has 0 aliphatic carbocycles. The summed E-state index contributed by atoms with van der Waals surface area (Å²) in [4.78, 5) is 17.2. The molecule has 1 aromatic heterocycles. The first-order valence-corrected chi connectivity index (χ1v) is 9.90. The Kier molecular flexibility index (Phi) is 6.47. The highest BCUT2D eigenvalue weighted by Crippen LogP contribution is 2.32. The number of nitrogens with zero attached hydrogens (tertiary/aromatic N) is 1. The normalized spacial score (nSPS) is 12.0. The first kappa shape index (κ1) is 19.8. The number of hydrogen-bond acceptors (Lipinski definition) is 5. The van der Waals surface area contributed by atoms with Gasteiger partial charge >= 0.3 is 5.97 Å². The second-order valence-electron chi connectivity index (χ2n) is 5.69. The fraction of sp³-hybridized carbons (Fsp3) is 0.200. The van der Waals surface area contributed by atoms with Gasteiger partial charge in [-0.05, 0) is 56.3 Å². The first-order valence-electron chi connectivity index (χ1n) is 8.33. The number of ether oxygens (including phenoxy) is 2. The van der Waals surface area contributed by atoms with Crippen molar-refractivity contribution in [2.45, 2.75) is 29.9 Å². The average molecular weight is 422 g/mol. The maximum atomic E-state index is 11.6. The van der Waals surface area contributed by atoms with Crippen molar-refractivity contribution in [2.75, 3.05) is 6.61 Å². The Morgan fingerprint density at radius 3 is 2.59 bits per heavy atom. The van der Waals surface area contributed by atoms with E-state index in [1.54, 1.807) is 19.9 Å². The summed E-state index contributed by atoms with van der Waals surface area (Å²) in [7, 11) is 0. The van der Waals surface area contributed by atoms with Crippen molar-refractivity contribution in [1.82, 2.24) is 4.98 Å². The van der Waals surface area contributed by atoms with Crippen LogP contribution < -0.4 is 4.74 Å². The molecule has 0 aliphatic rings. The molecule has 1 atom stereocenters. The molecule has 2 aromatic carbocycles. The van der Waals surface area contributed by atoms with E-state index in [9.17, 15) is 4.79 Å². The summed E-state index contributed by atoms with van der Waals surface area (Å²) in [5.41, 5.74) is 0.717. The van der Waals surface area contributed by atoms with Crippen molar-refractivity contribution in [1.29, 1.82) is 0 Å². The Morgan fingerprint density at radius 2 is 1.89 bits per heavy atom. The van der Waals surface area contributed by atoms with Gasteiger partial charge in [0.25, 0.3) is 0 Å². The fourth-order valence-electron chi connectivity index (χ4n) is 2.42.